The van der Waals surface area contributed by atoms with E-state index in [1.807, 2.05) is 77.7 Å². The molecule has 1 saturated heterocycles. The Hall–Kier alpha value is -3.97. The van der Waals surface area contributed by atoms with Gasteiger partial charge in [0.2, 0.25) is 0 Å². The number of nitrogens with one attached hydrogen (secondary N) is 1. The Balaban J connectivity index is 0.00000308. The van der Waals surface area contributed by atoms with E-state index in [9.17, 15) is 14.7 Å². The Bertz CT molecular complexity index is 1480. The van der Waals surface area contributed by atoms with Crippen LogP contribution in [0.5, 0.6) is 0 Å². The molecule has 0 bridgehead atoms. The van der Waals surface area contributed by atoms with Crippen LogP contribution < -0.4 is 10.2 Å². The third-order valence-corrected chi connectivity index (χ3v) is 7.45. The molecule has 2 heterocycles. The predicted molar refractivity (Wildman–Crippen MR) is 156 cm³/mol. The number of carbonyl (C=O) groups excluding carboxylic acids is 2. The second-order valence-electron chi connectivity index (χ2n) is 9.96. The first kappa shape index (κ1) is 26.6. The molecule has 0 spiro atoms. The molecular weight excluding hydrogens is 510 g/mol. The molecule has 2 aliphatic rings. The van der Waals surface area contributed by atoms with E-state index in [2.05, 4.69) is 16.3 Å². The molecule has 1 fully saturated rings. The fourth-order valence-electron chi connectivity index (χ4n) is 5.57. The SMILES string of the molecule is Cl.O=C(Nc1ccc(C(=O)N2C[C@H]3C[C@H](O)CN3Cc3ccccc32)cc1)c1ccccc1-c1ccccc1. The second kappa shape index (κ2) is 11.4. The highest BCUT2D eigenvalue weighted by atomic mass is 35.5. The highest BCUT2D eigenvalue weighted by molar-refractivity contribution is 6.10. The van der Waals surface area contributed by atoms with Crippen molar-refractivity contribution >= 4 is 35.6 Å². The minimum absolute atomic E-state index is 0. The van der Waals surface area contributed by atoms with Crippen molar-refractivity contribution in [3.8, 4) is 11.1 Å². The van der Waals surface area contributed by atoms with Crippen molar-refractivity contribution in [2.45, 2.75) is 25.1 Å². The molecule has 0 radical (unpaired) electrons. The summed E-state index contributed by atoms with van der Waals surface area (Å²) in [6, 6.07) is 32.5. The van der Waals surface area contributed by atoms with Crippen molar-refractivity contribution in [3.63, 3.8) is 0 Å². The maximum absolute atomic E-state index is 13.7. The van der Waals surface area contributed by atoms with Gasteiger partial charge >= 0.3 is 0 Å². The number of carbonyl (C=O) groups is 2. The van der Waals surface area contributed by atoms with E-state index in [4.69, 9.17) is 0 Å². The van der Waals surface area contributed by atoms with Crippen molar-refractivity contribution in [2.24, 2.45) is 0 Å². The van der Waals surface area contributed by atoms with E-state index in [0.717, 1.165) is 28.9 Å². The second-order valence-corrected chi connectivity index (χ2v) is 9.96. The number of amides is 2. The molecule has 0 aromatic heterocycles. The van der Waals surface area contributed by atoms with Gasteiger partial charge in [0.05, 0.1) is 6.10 Å². The first-order valence-corrected chi connectivity index (χ1v) is 12.9. The van der Waals surface area contributed by atoms with Gasteiger partial charge in [-0.25, -0.2) is 0 Å². The van der Waals surface area contributed by atoms with Gasteiger partial charge in [-0.3, -0.25) is 14.5 Å². The van der Waals surface area contributed by atoms with Gasteiger partial charge in [0, 0.05) is 48.2 Å². The van der Waals surface area contributed by atoms with Crippen molar-refractivity contribution in [3.05, 3.63) is 120 Å². The van der Waals surface area contributed by atoms with E-state index < -0.39 is 0 Å². The molecule has 2 N–H and O–H groups in total. The number of anilines is 2. The minimum Gasteiger partial charge on any atom is -0.392 e. The van der Waals surface area contributed by atoms with Crippen molar-refractivity contribution in [1.29, 1.82) is 0 Å². The molecule has 0 saturated carbocycles. The lowest BCUT2D eigenvalue weighted by molar-refractivity contribution is 0.0980. The Morgan fingerprint density at radius 3 is 2.28 bits per heavy atom. The summed E-state index contributed by atoms with van der Waals surface area (Å²) in [6.07, 6.45) is 0.296. The van der Waals surface area contributed by atoms with Crippen LogP contribution in [0.4, 0.5) is 11.4 Å². The maximum Gasteiger partial charge on any atom is 0.258 e. The lowest BCUT2D eigenvalue weighted by Crippen LogP contribution is -2.40. The standard InChI is InChI=1S/C32H29N3O3.ClH/c36-27-18-26-20-35(30-13-7-4-10-24(30)19-34(26)21-27)32(38)23-14-16-25(17-15-23)33-31(37)29-12-6-5-11-28(29)22-8-2-1-3-9-22;/h1-17,26-27,36H,18-21H2,(H,33,37);1H/t26-,27+;/m1./s1. The third kappa shape index (κ3) is 5.45. The monoisotopic (exact) mass is 539 g/mol. The molecule has 6 rings (SSSR count). The molecule has 4 aromatic rings. The zero-order valence-electron chi connectivity index (χ0n) is 21.4. The molecule has 2 amide bonds. The Morgan fingerprint density at radius 1 is 0.795 bits per heavy atom. The number of fused-ring (bicyclic) bond motifs is 2. The van der Waals surface area contributed by atoms with Gasteiger partial charge in [0.25, 0.3) is 11.8 Å². The normalized spacial score (nSPS) is 18.3. The van der Waals surface area contributed by atoms with Gasteiger partial charge in [0.1, 0.15) is 0 Å². The number of hydrogen-bond acceptors (Lipinski definition) is 4. The smallest absolute Gasteiger partial charge is 0.258 e. The quantitative estimate of drug-likeness (QED) is 0.353. The van der Waals surface area contributed by atoms with Gasteiger partial charge < -0.3 is 15.3 Å². The number of hydrogen-bond donors (Lipinski definition) is 2. The number of aliphatic hydroxyl groups is 1. The average molecular weight is 540 g/mol. The van der Waals surface area contributed by atoms with E-state index in [1.165, 1.54) is 0 Å². The van der Waals surface area contributed by atoms with Crippen LogP contribution in [0.3, 0.4) is 0 Å². The summed E-state index contributed by atoms with van der Waals surface area (Å²) < 4.78 is 0. The predicted octanol–water partition coefficient (Wildman–Crippen LogP) is 5.62. The molecule has 0 aliphatic carbocycles. The van der Waals surface area contributed by atoms with Gasteiger partial charge in [0.15, 0.2) is 0 Å². The lowest BCUT2D eigenvalue weighted by Gasteiger charge is -2.26. The minimum atomic E-state index is -0.364. The number of rotatable bonds is 4. The molecule has 2 aliphatic heterocycles. The van der Waals surface area contributed by atoms with Crippen LogP contribution in [-0.4, -0.2) is 47.1 Å². The Kier molecular flexibility index (Phi) is 7.79. The van der Waals surface area contributed by atoms with Crippen LogP contribution in [0.1, 0.15) is 32.7 Å². The van der Waals surface area contributed by atoms with Gasteiger partial charge in [-0.05, 0) is 59.5 Å². The maximum atomic E-state index is 13.7. The fourth-order valence-corrected chi connectivity index (χ4v) is 5.57. The Labute approximate surface area is 234 Å². The topological polar surface area (TPSA) is 72.9 Å². The van der Waals surface area contributed by atoms with Crippen LogP contribution in [0.15, 0.2) is 103 Å². The number of aliphatic hydroxyl groups excluding tert-OH is 1. The summed E-state index contributed by atoms with van der Waals surface area (Å²) in [5.41, 5.74) is 5.59. The molecule has 0 unspecified atom stereocenters. The zero-order valence-corrected chi connectivity index (χ0v) is 22.2. The summed E-state index contributed by atoms with van der Waals surface area (Å²) in [5.74, 6) is -0.294. The van der Waals surface area contributed by atoms with Crippen LogP contribution in [0.2, 0.25) is 0 Å². The first-order valence-electron chi connectivity index (χ1n) is 12.9. The number of para-hydroxylation sites is 1. The molecule has 6 nitrogen and oxygen atoms in total. The highest BCUT2D eigenvalue weighted by Crippen LogP contribution is 2.33. The highest BCUT2D eigenvalue weighted by Gasteiger charge is 2.37. The van der Waals surface area contributed by atoms with Crippen LogP contribution in [-0.2, 0) is 6.54 Å². The average Bonchev–Trinajstić information content (AvgIpc) is 3.23. The van der Waals surface area contributed by atoms with E-state index >= 15 is 0 Å². The summed E-state index contributed by atoms with van der Waals surface area (Å²) in [4.78, 5) is 31.0. The van der Waals surface area contributed by atoms with Gasteiger partial charge in [-0.2, -0.15) is 0 Å². The molecule has 39 heavy (non-hydrogen) atoms. The van der Waals surface area contributed by atoms with Crippen molar-refractivity contribution < 1.29 is 14.7 Å². The molecule has 7 heteroatoms. The molecular formula is C32H30ClN3O3. The van der Waals surface area contributed by atoms with E-state index in [0.29, 0.717) is 36.3 Å². The van der Waals surface area contributed by atoms with Crippen molar-refractivity contribution in [1.82, 2.24) is 4.90 Å². The number of benzene rings is 4. The van der Waals surface area contributed by atoms with Gasteiger partial charge in [-0.15, -0.1) is 12.4 Å². The number of nitrogens with zero attached hydrogens (tertiary/aromatic N) is 2. The van der Waals surface area contributed by atoms with Crippen LogP contribution in [0, 0.1) is 0 Å². The van der Waals surface area contributed by atoms with Crippen LogP contribution in [0.25, 0.3) is 11.1 Å². The summed E-state index contributed by atoms with van der Waals surface area (Å²) in [5, 5.41) is 13.2. The van der Waals surface area contributed by atoms with E-state index in [-0.39, 0.29) is 36.4 Å². The van der Waals surface area contributed by atoms with Crippen molar-refractivity contribution in [2.75, 3.05) is 23.3 Å². The summed E-state index contributed by atoms with van der Waals surface area (Å²) >= 11 is 0. The Morgan fingerprint density at radius 2 is 1.49 bits per heavy atom. The van der Waals surface area contributed by atoms with Gasteiger partial charge in [-0.1, -0.05) is 66.7 Å². The lowest BCUT2D eigenvalue weighted by atomic mass is 9.99. The largest absolute Gasteiger partial charge is 0.392 e. The first-order chi connectivity index (χ1) is 18.6. The zero-order chi connectivity index (χ0) is 26.1. The summed E-state index contributed by atoms with van der Waals surface area (Å²) in [7, 11) is 0. The summed E-state index contributed by atoms with van der Waals surface area (Å²) in [6.45, 7) is 1.88. The molecule has 4 aromatic carbocycles. The molecule has 198 valence electrons. The van der Waals surface area contributed by atoms with E-state index in [1.54, 1.807) is 24.3 Å². The molecule has 2 atom stereocenters. The number of halogens is 1. The third-order valence-electron chi connectivity index (χ3n) is 7.45. The fraction of sp³-hybridized carbons (Fsp3) is 0.188. The van der Waals surface area contributed by atoms with Crippen LogP contribution >= 0.6 is 12.4 Å².